The van der Waals surface area contributed by atoms with Crippen molar-refractivity contribution in [3.8, 4) is 22.3 Å². The highest BCUT2D eigenvalue weighted by atomic mass is 16.3. The van der Waals surface area contributed by atoms with Crippen LogP contribution in [0.15, 0.2) is 178 Å². The molecule has 47 heavy (non-hydrogen) atoms. The molecule has 1 atom stereocenters. The lowest BCUT2D eigenvalue weighted by Crippen LogP contribution is -2.36. The second kappa shape index (κ2) is 11.3. The lowest BCUT2D eigenvalue weighted by Gasteiger charge is -2.23. The molecule has 1 aliphatic rings. The molecule has 2 heterocycles. The van der Waals surface area contributed by atoms with Gasteiger partial charge in [0.15, 0.2) is 6.17 Å². The van der Waals surface area contributed by atoms with Crippen LogP contribution in [0.1, 0.15) is 37.9 Å². The highest BCUT2D eigenvalue weighted by molar-refractivity contribution is 6.24. The van der Waals surface area contributed by atoms with Crippen LogP contribution in [0.4, 0.5) is 0 Å². The van der Waals surface area contributed by atoms with Gasteiger partial charge in [-0.3, -0.25) is 0 Å². The summed E-state index contributed by atoms with van der Waals surface area (Å²) >= 11 is 0. The zero-order valence-electron chi connectivity index (χ0n) is 35.6. The van der Waals surface area contributed by atoms with Crippen LogP contribution in [0.3, 0.4) is 0 Å². The molecule has 0 amide bonds. The van der Waals surface area contributed by atoms with Gasteiger partial charge in [-0.25, -0.2) is 9.98 Å². The van der Waals surface area contributed by atoms with Gasteiger partial charge in [0.1, 0.15) is 22.8 Å². The predicted molar refractivity (Wildman–Crippen MR) is 194 cm³/mol. The van der Waals surface area contributed by atoms with E-state index in [0.717, 1.165) is 21.9 Å². The first-order valence-corrected chi connectivity index (χ1v) is 15.0. The Kier molecular flexibility index (Phi) is 4.32. The molecule has 8 aromatic rings. The van der Waals surface area contributed by atoms with Crippen molar-refractivity contribution in [1.29, 1.82) is 0 Å². The van der Waals surface area contributed by atoms with Crippen LogP contribution >= 0.6 is 0 Å². The van der Waals surface area contributed by atoms with Gasteiger partial charge in [0.25, 0.3) is 0 Å². The average Bonchev–Trinajstić information content (AvgIpc) is 3.63. The largest absolute Gasteiger partial charge is 0.456 e. The summed E-state index contributed by atoms with van der Waals surface area (Å²) in [6.07, 6.45) is -1.31. The Morgan fingerprint density at radius 2 is 1.26 bits per heavy atom. The van der Waals surface area contributed by atoms with Crippen LogP contribution in [0.2, 0.25) is 0 Å². The van der Waals surface area contributed by atoms with E-state index in [1.54, 1.807) is 0 Å². The number of furan rings is 1. The molecular formula is C43H29N3O. The summed E-state index contributed by atoms with van der Waals surface area (Å²) in [5, 5.41) is 4.36. The lowest BCUT2D eigenvalue weighted by atomic mass is 9.97. The quantitative estimate of drug-likeness (QED) is 0.210. The van der Waals surface area contributed by atoms with Crippen LogP contribution in [-0.2, 0) is 0 Å². The van der Waals surface area contributed by atoms with E-state index in [4.69, 9.17) is 25.4 Å². The number of para-hydroxylation sites is 1. The Labute approximate surface area is 287 Å². The molecule has 1 aromatic heterocycles. The monoisotopic (exact) mass is 614 g/mol. The van der Waals surface area contributed by atoms with Crippen LogP contribution in [0.25, 0.3) is 55.0 Å². The fourth-order valence-electron chi connectivity index (χ4n) is 5.82. The number of aliphatic imine (C=N–C) groups is 2. The summed E-state index contributed by atoms with van der Waals surface area (Å²) < 4.78 is 103. The van der Waals surface area contributed by atoms with Gasteiger partial charge < -0.3 is 9.73 Å². The molecular weight excluding hydrogens is 574 g/mol. The molecule has 0 spiro atoms. The molecule has 4 nitrogen and oxygen atoms in total. The van der Waals surface area contributed by atoms with E-state index in [9.17, 15) is 4.11 Å². The molecule has 0 fully saturated rings. The van der Waals surface area contributed by atoms with Gasteiger partial charge in [-0.05, 0) is 68.9 Å². The maximum atomic E-state index is 9.48. The minimum Gasteiger partial charge on any atom is -0.456 e. The van der Waals surface area contributed by atoms with Gasteiger partial charge in [-0.15, -0.1) is 0 Å². The van der Waals surface area contributed by atoms with Gasteiger partial charge in [-0.1, -0.05) is 133 Å². The molecule has 1 unspecified atom stereocenters. The van der Waals surface area contributed by atoms with Crippen LogP contribution in [0, 0.1) is 0 Å². The molecule has 1 aliphatic heterocycles. The van der Waals surface area contributed by atoms with E-state index in [1.807, 2.05) is 97.1 Å². The first-order valence-electron chi connectivity index (χ1n) is 20.5. The highest BCUT2D eigenvalue weighted by Crippen LogP contribution is 2.37. The Morgan fingerprint density at radius 1 is 0.553 bits per heavy atom. The molecule has 4 heteroatoms. The summed E-state index contributed by atoms with van der Waals surface area (Å²) in [6.45, 7) is 0. The van der Waals surface area contributed by atoms with Gasteiger partial charge in [0.2, 0.25) is 0 Å². The predicted octanol–water partition coefficient (Wildman–Crippen LogP) is 10.6. The lowest BCUT2D eigenvalue weighted by molar-refractivity contribution is 0.669. The smallest absolute Gasteiger partial charge is 0.169 e. The van der Waals surface area contributed by atoms with Crippen molar-refractivity contribution in [2.24, 2.45) is 9.98 Å². The fourth-order valence-corrected chi connectivity index (χ4v) is 5.82. The van der Waals surface area contributed by atoms with Crippen LogP contribution in [-0.4, -0.2) is 11.7 Å². The number of hydrogen-bond donors (Lipinski definition) is 1. The molecule has 0 saturated heterocycles. The zero-order valence-corrected chi connectivity index (χ0v) is 24.6. The first kappa shape index (κ1) is 18.0. The third-order valence-corrected chi connectivity index (χ3v) is 8.03. The molecule has 0 radical (unpaired) electrons. The first-order chi connectivity index (χ1) is 27.9. The second-order valence-electron chi connectivity index (χ2n) is 11.0. The van der Waals surface area contributed by atoms with Gasteiger partial charge in [0, 0.05) is 21.9 Å². The summed E-state index contributed by atoms with van der Waals surface area (Å²) in [4.78, 5) is 9.89. The Bertz CT molecular complexity index is 3080. The van der Waals surface area contributed by atoms with Crippen molar-refractivity contribution in [2.75, 3.05) is 0 Å². The van der Waals surface area contributed by atoms with E-state index in [1.165, 1.54) is 0 Å². The average molecular weight is 615 g/mol. The summed E-state index contributed by atoms with van der Waals surface area (Å²) in [7, 11) is 0. The van der Waals surface area contributed by atoms with Gasteiger partial charge >= 0.3 is 0 Å². The summed E-state index contributed by atoms with van der Waals surface area (Å²) in [5.41, 5.74) is 3.27. The Hall–Kier alpha value is -6.26. The number of rotatable bonds is 5. The standard InChI is InChI=1S/C43H29N3O/c1-4-12-28(13-5-1)31-20-21-33-25-34(23-22-32(33)24-31)42-44-41(30-16-8-3-9-17-30)45-43(46-42)37-26-35(29-14-6-2-7-15-29)27-39-40(37)36-18-10-11-19-38(36)47-39/h1-27,42H,(H,44,45,46)/i1D,4D,5D,12D,13D,20D,21D,22D,23D,24D,25D. The van der Waals surface area contributed by atoms with E-state index in [-0.39, 0.29) is 16.3 Å². The Morgan fingerprint density at radius 3 is 2.09 bits per heavy atom. The van der Waals surface area contributed by atoms with Crippen molar-refractivity contribution < 1.29 is 19.5 Å². The second-order valence-corrected chi connectivity index (χ2v) is 11.0. The van der Waals surface area contributed by atoms with Crippen molar-refractivity contribution in [1.82, 2.24) is 5.32 Å². The number of nitrogens with one attached hydrogen (secondary N) is 1. The number of amidine groups is 2. The molecule has 0 bridgehead atoms. The van der Waals surface area contributed by atoms with Crippen molar-refractivity contribution in [2.45, 2.75) is 6.17 Å². The normalized spacial score (nSPS) is 17.9. The van der Waals surface area contributed by atoms with Crippen molar-refractivity contribution in [3.63, 3.8) is 0 Å². The van der Waals surface area contributed by atoms with E-state index >= 15 is 0 Å². The number of fused-ring (bicyclic) bond motifs is 4. The number of hydrogen-bond acceptors (Lipinski definition) is 4. The maximum Gasteiger partial charge on any atom is 0.169 e. The topological polar surface area (TPSA) is 49.9 Å². The summed E-state index contributed by atoms with van der Waals surface area (Å²) in [6, 6.07) is 23.8. The summed E-state index contributed by atoms with van der Waals surface area (Å²) in [5.74, 6) is 0.695. The molecule has 7 aromatic carbocycles. The number of benzene rings is 7. The molecule has 9 rings (SSSR count). The van der Waals surface area contributed by atoms with Crippen molar-refractivity contribution in [3.05, 3.63) is 180 Å². The minimum atomic E-state index is -1.31. The van der Waals surface area contributed by atoms with Crippen LogP contribution in [0.5, 0.6) is 0 Å². The van der Waals surface area contributed by atoms with E-state index < -0.39 is 83.8 Å². The minimum absolute atomic E-state index is 0.139. The fraction of sp³-hybridized carbons (Fsp3) is 0.0233. The molecule has 0 saturated carbocycles. The molecule has 1 N–H and O–H groups in total. The van der Waals surface area contributed by atoms with E-state index in [2.05, 4.69) is 5.32 Å². The third kappa shape index (κ3) is 4.97. The molecule has 222 valence electrons. The van der Waals surface area contributed by atoms with E-state index in [0.29, 0.717) is 34.0 Å². The van der Waals surface area contributed by atoms with Crippen molar-refractivity contribution >= 4 is 44.4 Å². The van der Waals surface area contributed by atoms with Crippen LogP contribution < -0.4 is 5.32 Å². The zero-order chi connectivity index (χ0) is 40.7. The Balaban J connectivity index is 1.32. The highest BCUT2D eigenvalue weighted by Gasteiger charge is 2.24. The van der Waals surface area contributed by atoms with Gasteiger partial charge in [0.05, 0.1) is 15.1 Å². The SMILES string of the molecule is [2H]c1c([2H])c([2H])c(-c2c([2H])c([2H])c3c([2H])c(C4N=C(c5ccccc5)NC(c5cc(-c6ccccc6)cc6oc7ccccc7c56)=N4)c([2H])c([2H])c3c2[2H])c([2H])c1[2H]. The molecule has 0 aliphatic carbocycles. The van der Waals surface area contributed by atoms with Gasteiger partial charge in [-0.2, -0.15) is 0 Å². The maximum absolute atomic E-state index is 9.48. The third-order valence-electron chi connectivity index (χ3n) is 8.03. The number of nitrogens with zero attached hydrogens (tertiary/aromatic N) is 2.